The van der Waals surface area contributed by atoms with E-state index in [-0.39, 0.29) is 31.3 Å². The standard InChI is InChI=1S/C21H26N2O4S/c1-4-26-21(25)19-17(16-8-6-5-7-9-16)13-28-20(19)22-18(24)12-23-10-14(2)27-15(3)11-23/h5-9,13-15H,4,10-12H2,1-3H3,(H,22,24). The van der Waals surface area contributed by atoms with Gasteiger partial charge in [0.2, 0.25) is 5.91 Å². The molecule has 0 saturated carbocycles. The summed E-state index contributed by atoms with van der Waals surface area (Å²) in [7, 11) is 0. The fourth-order valence-electron chi connectivity index (χ4n) is 3.47. The molecule has 0 radical (unpaired) electrons. The van der Waals surface area contributed by atoms with Crippen molar-refractivity contribution in [3.63, 3.8) is 0 Å². The van der Waals surface area contributed by atoms with Crippen molar-refractivity contribution in [3.05, 3.63) is 41.3 Å². The molecule has 3 rings (SSSR count). The van der Waals surface area contributed by atoms with Gasteiger partial charge in [-0.25, -0.2) is 4.79 Å². The first kappa shape index (κ1) is 20.5. The van der Waals surface area contributed by atoms with E-state index in [4.69, 9.17) is 9.47 Å². The third-order valence-corrected chi connectivity index (χ3v) is 5.37. The molecule has 0 aliphatic carbocycles. The van der Waals surface area contributed by atoms with Crippen molar-refractivity contribution < 1.29 is 19.1 Å². The fourth-order valence-corrected chi connectivity index (χ4v) is 4.44. The minimum Gasteiger partial charge on any atom is -0.462 e. The molecule has 28 heavy (non-hydrogen) atoms. The molecular weight excluding hydrogens is 376 g/mol. The molecule has 150 valence electrons. The number of carbonyl (C=O) groups is 2. The van der Waals surface area contributed by atoms with Crippen molar-refractivity contribution in [3.8, 4) is 11.1 Å². The summed E-state index contributed by atoms with van der Waals surface area (Å²) in [6, 6.07) is 9.63. The average molecular weight is 403 g/mol. The number of benzene rings is 1. The van der Waals surface area contributed by atoms with Crippen molar-refractivity contribution in [2.75, 3.05) is 31.6 Å². The van der Waals surface area contributed by atoms with Crippen LogP contribution in [0.25, 0.3) is 11.1 Å². The Balaban J connectivity index is 1.78. The predicted molar refractivity (Wildman–Crippen MR) is 111 cm³/mol. The molecule has 2 unspecified atom stereocenters. The minimum absolute atomic E-state index is 0.0954. The monoisotopic (exact) mass is 402 g/mol. The lowest BCUT2D eigenvalue weighted by atomic mass is 10.0. The lowest BCUT2D eigenvalue weighted by Gasteiger charge is -2.34. The van der Waals surface area contributed by atoms with Crippen LogP contribution in [0, 0.1) is 0 Å². The molecule has 1 aliphatic rings. The molecule has 1 aromatic heterocycles. The first-order valence-corrected chi connectivity index (χ1v) is 10.4. The maximum Gasteiger partial charge on any atom is 0.341 e. The number of rotatable bonds is 6. The zero-order valence-corrected chi connectivity index (χ0v) is 17.3. The van der Waals surface area contributed by atoms with Gasteiger partial charge in [-0.3, -0.25) is 9.69 Å². The van der Waals surface area contributed by atoms with Crippen molar-refractivity contribution in [1.82, 2.24) is 4.90 Å². The molecule has 1 saturated heterocycles. The number of carbonyl (C=O) groups excluding carboxylic acids is 2. The minimum atomic E-state index is -0.425. The van der Waals surface area contributed by atoms with E-state index in [9.17, 15) is 9.59 Å². The van der Waals surface area contributed by atoms with Crippen molar-refractivity contribution in [2.45, 2.75) is 33.0 Å². The van der Waals surface area contributed by atoms with Gasteiger partial charge < -0.3 is 14.8 Å². The van der Waals surface area contributed by atoms with Crippen molar-refractivity contribution in [2.24, 2.45) is 0 Å². The third kappa shape index (κ3) is 4.98. The highest BCUT2D eigenvalue weighted by molar-refractivity contribution is 7.15. The molecule has 0 bridgehead atoms. The van der Waals surface area contributed by atoms with Gasteiger partial charge in [0, 0.05) is 24.0 Å². The Hall–Kier alpha value is -2.22. The van der Waals surface area contributed by atoms with Gasteiger partial charge in [-0.1, -0.05) is 30.3 Å². The molecule has 6 nitrogen and oxygen atoms in total. The molecule has 2 atom stereocenters. The maximum atomic E-state index is 12.6. The first-order valence-electron chi connectivity index (χ1n) is 9.49. The zero-order valence-electron chi connectivity index (χ0n) is 16.4. The Kier molecular flexibility index (Phi) is 6.83. The van der Waals surface area contributed by atoms with E-state index in [1.54, 1.807) is 6.92 Å². The van der Waals surface area contributed by atoms with Crippen molar-refractivity contribution >= 4 is 28.2 Å². The summed E-state index contributed by atoms with van der Waals surface area (Å²) in [5.41, 5.74) is 2.10. The summed E-state index contributed by atoms with van der Waals surface area (Å²) in [6.07, 6.45) is 0.191. The Bertz CT molecular complexity index is 811. The molecule has 2 heterocycles. The van der Waals surface area contributed by atoms with Gasteiger partial charge in [-0.15, -0.1) is 11.3 Å². The average Bonchev–Trinajstić information content (AvgIpc) is 3.05. The molecular formula is C21H26N2O4S. The SMILES string of the molecule is CCOC(=O)c1c(-c2ccccc2)csc1NC(=O)CN1CC(C)OC(C)C1. The summed E-state index contributed by atoms with van der Waals surface area (Å²) < 4.78 is 11.0. The second kappa shape index (κ2) is 9.32. The lowest BCUT2D eigenvalue weighted by Crippen LogP contribution is -2.48. The molecule has 1 amide bonds. The van der Waals surface area contributed by atoms with Crippen LogP contribution in [-0.4, -0.2) is 55.2 Å². The number of anilines is 1. The third-order valence-electron chi connectivity index (χ3n) is 4.47. The van der Waals surface area contributed by atoms with E-state index in [1.165, 1.54) is 11.3 Å². The van der Waals surface area contributed by atoms with Crippen LogP contribution in [0.15, 0.2) is 35.7 Å². The van der Waals surface area contributed by atoms with Gasteiger partial charge in [-0.05, 0) is 26.3 Å². The van der Waals surface area contributed by atoms with E-state index in [0.29, 0.717) is 23.7 Å². The maximum absolute atomic E-state index is 12.6. The smallest absolute Gasteiger partial charge is 0.341 e. The van der Waals surface area contributed by atoms with Gasteiger partial charge in [0.05, 0.1) is 25.4 Å². The van der Waals surface area contributed by atoms with Crippen LogP contribution in [0.3, 0.4) is 0 Å². The van der Waals surface area contributed by atoms with E-state index in [1.807, 2.05) is 49.6 Å². The van der Waals surface area contributed by atoms with Gasteiger partial charge in [0.15, 0.2) is 0 Å². The van der Waals surface area contributed by atoms with Crippen LogP contribution >= 0.6 is 11.3 Å². The van der Waals surface area contributed by atoms with Gasteiger partial charge in [0.1, 0.15) is 10.6 Å². The predicted octanol–water partition coefficient (Wildman–Crippen LogP) is 3.64. The number of hydrogen-bond donors (Lipinski definition) is 1. The Morgan fingerprint density at radius 2 is 1.89 bits per heavy atom. The number of nitrogens with zero attached hydrogens (tertiary/aromatic N) is 1. The zero-order chi connectivity index (χ0) is 20.1. The van der Waals surface area contributed by atoms with Gasteiger partial charge in [-0.2, -0.15) is 0 Å². The van der Waals surface area contributed by atoms with E-state index < -0.39 is 5.97 Å². The largest absolute Gasteiger partial charge is 0.462 e. The normalized spacial score (nSPS) is 20.0. The van der Waals surface area contributed by atoms with E-state index in [2.05, 4.69) is 10.2 Å². The van der Waals surface area contributed by atoms with Crippen LogP contribution in [-0.2, 0) is 14.3 Å². The van der Waals surface area contributed by atoms with Gasteiger partial charge in [0.25, 0.3) is 0 Å². The highest BCUT2D eigenvalue weighted by Gasteiger charge is 2.26. The number of esters is 1. The highest BCUT2D eigenvalue weighted by atomic mass is 32.1. The molecule has 2 aromatic rings. The molecule has 1 aliphatic heterocycles. The summed E-state index contributed by atoms with van der Waals surface area (Å²) in [6.45, 7) is 7.74. The van der Waals surface area contributed by atoms with E-state index in [0.717, 1.165) is 11.1 Å². The van der Waals surface area contributed by atoms with Crippen LogP contribution in [0.1, 0.15) is 31.1 Å². The Morgan fingerprint density at radius 3 is 2.54 bits per heavy atom. The Labute approximate surface area is 169 Å². The topological polar surface area (TPSA) is 67.9 Å². The lowest BCUT2D eigenvalue weighted by molar-refractivity contribution is -0.121. The summed E-state index contributed by atoms with van der Waals surface area (Å²) in [5, 5.41) is 5.32. The summed E-state index contributed by atoms with van der Waals surface area (Å²) in [4.78, 5) is 27.3. The summed E-state index contributed by atoms with van der Waals surface area (Å²) >= 11 is 1.34. The first-order chi connectivity index (χ1) is 13.5. The highest BCUT2D eigenvalue weighted by Crippen LogP contribution is 2.36. The van der Waals surface area contributed by atoms with Crippen LogP contribution in [0.5, 0.6) is 0 Å². The number of morpholine rings is 1. The van der Waals surface area contributed by atoms with Crippen LogP contribution in [0.2, 0.25) is 0 Å². The number of hydrogen-bond acceptors (Lipinski definition) is 6. The van der Waals surface area contributed by atoms with Crippen LogP contribution < -0.4 is 5.32 Å². The fraction of sp³-hybridized carbons (Fsp3) is 0.429. The molecule has 1 aromatic carbocycles. The second-order valence-electron chi connectivity index (χ2n) is 6.94. The quantitative estimate of drug-likeness (QED) is 0.747. The number of nitrogens with one attached hydrogen (secondary N) is 1. The summed E-state index contributed by atoms with van der Waals surface area (Å²) in [5.74, 6) is -0.570. The molecule has 1 fully saturated rings. The molecule has 0 spiro atoms. The van der Waals surface area contributed by atoms with E-state index >= 15 is 0 Å². The second-order valence-corrected chi connectivity index (χ2v) is 7.82. The number of thiophene rings is 1. The molecule has 7 heteroatoms. The van der Waals surface area contributed by atoms with Crippen molar-refractivity contribution in [1.29, 1.82) is 0 Å². The Morgan fingerprint density at radius 1 is 1.21 bits per heavy atom. The number of ether oxygens (including phenoxy) is 2. The van der Waals surface area contributed by atoms with Gasteiger partial charge >= 0.3 is 5.97 Å². The van der Waals surface area contributed by atoms with Crippen LogP contribution in [0.4, 0.5) is 5.00 Å². The number of amides is 1. The molecule has 1 N–H and O–H groups in total.